The van der Waals surface area contributed by atoms with Crippen molar-refractivity contribution < 1.29 is 9.90 Å². The fourth-order valence-corrected chi connectivity index (χ4v) is 1.51. The van der Waals surface area contributed by atoms with Gasteiger partial charge in [-0.15, -0.1) is 0 Å². The third kappa shape index (κ3) is 7.07. The van der Waals surface area contributed by atoms with Crippen molar-refractivity contribution in [1.29, 1.82) is 0 Å². The molecule has 2 heteroatoms. The van der Waals surface area contributed by atoms with Crippen LogP contribution in [0.5, 0.6) is 0 Å². The molecule has 0 aromatic carbocycles. The van der Waals surface area contributed by atoms with Crippen LogP contribution >= 0.6 is 0 Å². The first-order chi connectivity index (χ1) is 6.74. The average molecular weight is 200 g/mol. The van der Waals surface area contributed by atoms with Gasteiger partial charge in [0.15, 0.2) is 0 Å². The zero-order valence-electron chi connectivity index (χ0n) is 9.59. The second-order valence-corrected chi connectivity index (χ2v) is 4.01. The average Bonchev–Trinajstić information content (AvgIpc) is 2.21. The van der Waals surface area contributed by atoms with Gasteiger partial charge in [0.2, 0.25) is 0 Å². The van der Waals surface area contributed by atoms with Gasteiger partial charge in [0.25, 0.3) is 0 Å². The Kier molecular flexibility index (Phi) is 8.95. The maximum atomic E-state index is 11.4. The maximum absolute atomic E-state index is 11.4. The standard InChI is InChI=1S/C12H24O2/c1-3-5-6-7-8-12(14)9-11(4-2)10-13/h11,13H,3-10H2,1-2H3. The van der Waals surface area contributed by atoms with Gasteiger partial charge in [-0.1, -0.05) is 39.5 Å². The van der Waals surface area contributed by atoms with E-state index in [9.17, 15) is 4.79 Å². The second kappa shape index (κ2) is 9.20. The highest BCUT2D eigenvalue weighted by Gasteiger charge is 2.10. The molecule has 84 valence electrons. The molecule has 14 heavy (non-hydrogen) atoms. The summed E-state index contributed by atoms with van der Waals surface area (Å²) in [5.74, 6) is 0.510. The molecule has 0 rings (SSSR count). The van der Waals surface area contributed by atoms with Crippen molar-refractivity contribution in [2.45, 2.75) is 58.8 Å². The molecule has 0 aliphatic heterocycles. The number of Topliss-reactive ketones (excluding diaryl/α,β-unsaturated/α-hetero) is 1. The van der Waals surface area contributed by atoms with E-state index in [0.717, 1.165) is 19.3 Å². The molecular weight excluding hydrogens is 176 g/mol. The first-order valence-electron chi connectivity index (χ1n) is 5.87. The molecule has 0 fully saturated rings. The highest BCUT2D eigenvalue weighted by atomic mass is 16.3. The van der Waals surface area contributed by atoms with Crippen LogP contribution < -0.4 is 0 Å². The minimum atomic E-state index is 0.150. The number of carbonyl (C=O) groups is 1. The molecule has 0 amide bonds. The highest BCUT2D eigenvalue weighted by molar-refractivity contribution is 5.78. The summed E-state index contributed by atoms with van der Waals surface area (Å²) in [6.07, 6.45) is 6.80. The molecule has 0 aromatic heterocycles. The van der Waals surface area contributed by atoms with Crippen molar-refractivity contribution in [3.05, 3.63) is 0 Å². The minimum absolute atomic E-state index is 0.150. The maximum Gasteiger partial charge on any atom is 0.133 e. The molecule has 0 heterocycles. The molecule has 2 nitrogen and oxygen atoms in total. The van der Waals surface area contributed by atoms with E-state index >= 15 is 0 Å². The Morgan fingerprint density at radius 2 is 1.93 bits per heavy atom. The number of rotatable bonds is 9. The minimum Gasteiger partial charge on any atom is -0.396 e. The lowest BCUT2D eigenvalue weighted by molar-refractivity contribution is -0.120. The second-order valence-electron chi connectivity index (χ2n) is 4.01. The topological polar surface area (TPSA) is 37.3 Å². The van der Waals surface area contributed by atoms with E-state index in [1.54, 1.807) is 0 Å². The summed E-state index contributed by atoms with van der Waals surface area (Å²) in [6, 6.07) is 0. The molecule has 0 spiro atoms. The predicted molar refractivity (Wildman–Crippen MR) is 59.2 cm³/mol. The zero-order valence-corrected chi connectivity index (χ0v) is 9.59. The first kappa shape index (κ1) is 13.6. The highest BCUT2D eigenvalue weighted by Crippen LogP contribution is 2.11. The number of carbonyl (C=O) groups excluding carboxylic acids is 1. The predicted octanol–water partition coefficient (Wildman–Crippen LogP) is 2.93. The van der Waals surface area contributed by atoms with Gasteiger partial charge in [0.1, 0.15) is 5.78 Å². The van der Waals surface area contributed by atoms with Crippen LogP contribution in [-0.4, -0.2) is 17.5 Å². The molecular formula is C12H24O2. The van der Waals surface area contributed by atoms with Crippen LogP contribution in [0.2, 0.25) is 0 Å². The summed E-state index contributed by atoms with van der Waals surface area (Å²) >= 11 is 0. The fraction of sp³-hybridized carbons (Fsp3) is 0.917. The number of unbranched alkanes of at least 4 members (excludes halogenated alkanes) is 3. The van der Waals surface area contributed by atoms with E-state index in [0.29, 0.717) is 18.6 Å². The Hall–Kier alpha value is -0.370. The van der Waals surface area contributed by atoms with Crippen LogP contribution in [0.15, 0.2) is 0 Å². The van der Waals surface area contributed by atoms with Crippen LogP contribution in [0.1, 0.15) is 58.8 Å². The SMILES string of the molecule is CCCCCCC(=O)CC(CC)CO. The van der Waals surface area contributed by atoms with E-state index in [2.05, 4.69) is 6.92 Å². The quantitative estimate of drug-likeness (QED) is 0.581. The zero-order chi connectivity index (χ0) is 10.8. The third-order valence-corrected chi connectivity index (χ3v) is 2.66. The van der Waals surface area contributed by atoms with Crippen molar-refractivity contribution in [2.75, 3.05) is 6.61 Å². The number of hydrogen-bond acceptors (Lipinski definition) is 2. The fourth-order valence-electron chi connectivity index (χ4n) is 1.51. The van der Waals surface area contributed by atoms with Gasteiger partial charge < -0.3 is 5.11 Å². The molecule has 1 atom stereocenters. The molecule has 0 bridgehead atoms. The lowest BCUT2D eigenvalue weighted by atomic mass is 9.98. The number of aliphatic hydroxyl groups is 1. The van der Waals surface area contributed by atoms with E-state index in [1.807, 2.05) is 6.92 Å². The summed E-state index contributed by atoms with van der Waals surface area (Å²) in [6.45, 7) is 4.34. The van der Waals surface area contributed by atoms with Crippen molar-refractivity contribution in [3.8, 4) is 0 Å². The Balaban J connectivity index is 3.44. The van der Waals surface area contributed by atoms with E-state index in [1.165, 1.54) is 12.8 Å². The number of aliphatic hydroxyl groups excluding tert-OH is 1. The van der Waals surface area contributed by atoms with Crippen molar-refractivity contribution >= 4 is 5.78 Å². The molecule has 0 aromatic rings. The lowest BCUT2D eigenvalue weighted by Gasteiger charge is -2.09. The summed E-state index contributed by atoms with van der Waals surface area (Å²) in [5, 5.41) is 8.93. The monoisotopic (exact) mass is 200 g/mol. The van der Waals surface area contributed by atoms with E-state index < -0.39 is 0 Å². The van der Waals surface area contributed by atoms with Gasteiger partial charge in [-0.2, -0.15) is 0 Å². The summed E-state index contributed by atoms with van der Waals surface area (Å²) in [5.41, 5.74) is 0. The van der Waals surface area contributed by atoms with Crippen LogP contribution in [0.25, 0.3) is 0 Å². The van der Waals surface area contributed by atoms with Gasteiger partial charge in [-0.05, 0) is 12.3 Å². The molecule has 1 N–H and O–H groups in total. The lowest BCUT2D eigenvalue weighted by Crippen LogP contribution is -2.11. The van der Waals surface area contributed by atoms with E-state index in [4.69, 9.17) is 5.11 Å². The molecule has 0 saturated heterocycles. The van der Waals surface area contributed by atoms with Gasteiger partial charge in [0, 0.05) is 19.4 Å². The third-order valence-electron chi connectivity index (χ3n) is 2.66. The van der Waals surface area contributed by atoms with Gasteiger partial charge in [0.05, 0.1) is 0 Å². The largest absolute Gasteiger partial charge is 0.396 e. The summed E-state index contributed by atoms with van der Waals surface area (Å²) in [4.78, 5) is 11.4. The van der Waals surface area contributed by atoms with Crippen LogP contribution in [0, 0.1) is 5.92 Å². The molecule has 0 saturated carbocycles. The van der Waals surface area contributed by atoms with Gasteiger partial charge in [-0.3, -0.25) is 4.79 Å². The van der Waals surface area contributed by atoms with Crippen LogP contribution in [0.3, 0.4) is 0 Å². The smallest absolute Gasteiger partial charge is 0.133 e. The summed E-state index contributed by atoms with van der Waals surface area (Å²) in [7, 11) is 0. The van der Waals surface area contributed by atoms with Crippen molar-refractivity contribution in [1.82, 2.24) is 0 Å². The molecule has 1 unspecified atom stereocenters. The van der Waals surface area contributed by atoms with Crippen molar-refractivity contribution in [2.24, 2.45) is 5.92 Å². The van der Waals surface area contributed by atoms with E-state index in [-0.39, 0.29) is 12.5 Å². The Morgan fingerprint density at radius 1 is 1.21 bits per heavy atom. The van der Waals surface area contributed by atoms with Gasteiger partial charge in [-0.25, -0.2) is 0 Å². The Morgan fingerprint density at radius 3 is 2.43 bits per heavy atom. The molecule has 0 aliphatic carbocycles. The molecule has 0 radical (unpaired) electrons. The first-order valence-corrected chi connectivity index (χ1v) is 5.87. The Labute approximate surface area is 87.7 Å². The van der Waals surface area contributed by atoms with Crippen LogP contribution in [0.4, 0.5) is 0 Å². The number of hydrogen-bond donors (Lipinski definition) is 1. The number of ketones is 1. The Bertz CT molecular complexity index is 139. The van der Waals surface area contributed by atoms with Crippen molar-refractivity contribution in [3.63, 3.8) is 0 Å². The van der Waals surface area contributed by atoms with Gasteiger partial charge >= 0.3 is 0 Å². The summed E-state index contributed by atoms with van der Waals surface area (Å²) < 4.78 is 0. The van der Waals surface area contributed by atoms with Crippen LogP contribution in [-0.2, 0) is 4.79 Å². The molecule has 0 aliphatic rings. The normalized spacial score (nSPS) is 12.8.